The number of aryl methyl sites for hydroxylation is 1. The Morgan fingerprint density at radius 3 is 2.17 bits per heavy atom. The number of aromatic nitrogens is 1. The highest BCUT2D eigenvalue weighted by molar-refractivity contribution is 6.10. The van der Waals surface area contributed by atoms with E-state index in [1.54, 1.807) is 28.1 Å². The zero-order valence-corrected chi connectivity index (χ0v) is 16.0. The molecule has 2 amide bonds. The largest absolute Gasteiger partial charge is 0.308 e. The molecule has 5 heteroatoms. The van der Waals surface area contributed by atoms with Crippen molar-refractivity contribution in [3.8, 4) is 0 Å². The molecule has 5 nitrogen and oxygen atoms in total. The molecule has 2 aromatic carbocycles. The van der Waals surface area contributed by atoms with E-state index < -0.39 is 0 Å². The molecule has 0 atom stereocenters. The fourth-order valence-corrected chi connectivity index (χ4v) is 4.27. The Kier molecular flexibility index (Phi) is 4.35. The summed E-state index contributed by atoms with van der Waals surface area (Å²) in [6, 6.07) is 19.3. The second-order valence-electron chi connectivity index (χ2n) is 7.45. The third kappa shape index (κ3) is 3.09. The summed E-state index contributed by atoms with van der Waals surface area (Å²) < 4.78 is 0. The van der Waals surface area contributed by atoms with Crippen LogP contribution in [0.1, 0.15) is 38.4 Å². The predicted molar refractivity (Wildman–Crippen MR) is 112 cm³/mol. The molecule has 2 aliphatic heterocycles. The number of carbonyl (C=O) groups excluding carboxylic acids is 2. The Morgan fingerprint density at radius 2 is 1.41 bits per heavy atom. The highest BCUT2D eigenvalue weighted by Crippen LogP contribution is 2.30. The molecule has 0 radical (unpaired) electrons. The summed E-state index contributed by atoms with van der Waals surface area (Å²) in [5, 5.41) is 0. The Labute approximate surface area is 169 Å². The number of amides is 2. The molecule has 0 saturated heterocycles. The summed E-state index contributed by atoms with van der Waals surface area (Å²) in [7, 11) is 0. The molecule has 0 spiro atoms. The average Bonchev–Trinajstić information content (AvgIpc) is 3.22. The van der Waals surface area contributed by atoms with Crippen molar-refractivity contribution in [1.82, 2.24) is 4.98 Å². The number of carbonyl (C=O) groups is 2. The predicted octanol–water partition coefficient (Wildman–Crippen LogP) is 3.88. The number of fused-ring (bicyclic) bond motifs is 2. The molecule has 5 rings (SSSR count). The number of rotatable bonds is 2. The molecule has 0 aliphatic carbocycles. The quantitative estimate of drug-likeness (QED) is 0.675. The van der Waals surface area contributed by atoms with E-state index in [2.05, 4.69) is 17.1 Å². The summed E-state index contributed by atoms with van der Waals surface area (Å²) in [5.41, 5.74) is 5.04. The van der Waals surface area contributed by atoms with Crippen LogP contribution in [0, 0.1) is 0 Å². The number of anilines is 2. The van der Waals surface area contributed by atoms with Crippen molar-refractivity contribution in [3.63, 3.8) is 0 Å². The smallest absolute Gasteiger partial charge is 0.276 e. The van der Waals surface area contributed by atoms with Gasteiger partial charge in [-0.15, -0.1) is 0 Å². The van der Waals surface area contributed by atoms with Gasteiger partial charge in [0.1, 0.15) is 5.69 Å². The van der Waals surface area contributed by atoms with E-state index >= 15 is 0 Å². The third-order valence-electron chi connectivity index (χ3n) is 5.71. The zero-order valence-electron chi connectivity index (χ0n) is 16.0. The monoisotopic (exact) mass is 383 g/mol. The number of hydrogen-bond donors (Lipinski definition) is 0. The van der Waals surface area contributed by atoms with Crippen LogP contribution in [-0.2, 0) is 12.8 Å². The summed E-state index contributed by atoms with van der Waals surface area (Å²) in [4.78, 5) is 34.2. The Hall–Kier alpha value is -3.47. The number of hydrogen-bond acceptors (Lipinski definition) is 3. The lowest BCUT2D eigenvalue weighted by Gasteiger charge is -2.29. The lowest BCUT2D eigenvalue weighted by molar-refractivity contribution is 0.0980. The summed E-state index contributed by atoms with van der Waals surface area (Å²) in [6.07, 6.45) is 4.30. The number of para-hydroxylation sites is 2. The molecule has 3 aromatic rings. The molecule has 2 aliphatic rings. The van der Waals surface area contributed by atoms with Gasteiger partial charge in [-0.2, -0.15) is 0 Å². The van der Waals surface area contributed by atoms with Crippen LogP contribution in [0.15, 0.2) is 66.9 Å². The molecule has 29 heavy (non-hydrogen) atoms. The average molecular weight is 383 g/mol. The lowest BCUT2D eigenvalue weighted by atomic mass is 10.0. The molecule has 0 N–H and O–H groups in total. The van der Waals surface area contributed by atoms with E-state index in [-0.39, 0.29) is 11.8 Å². The number of benzene rings is 2. The second-order valence-corrected chi connectivity index (χ2v) is 7.45. The fourth-order valence-electron chi connectivity index (χ4n) is 4.27. The lowest BCUT2D eigenvalue weighted by Crippen LogP contribution is -2.36. The van der Waals surface area contributed by atoms with Crippen LogP contribution in [0.25, 0.3) is 0 Å². The Balaban J connectivity index is 1.44. The minimum atomic E-state index is -0.159. The molecule has 3 heterocycles. The Bertz CT molecular complexity index is 1110. The molecule has 144 valence electrons. The maximum absolute atomic E-state index is 13.2. The van der Waals surface area contributed by atoms with Gasteiger partial charge in [0, 0.05) is 36.2 Å². The van der Waals surface area contributed by atoms with E-state index in [1.807, 2.05) is 36.4 Å². The molecular formula is C24H21N3O2. The van der Waals surface area contributed by atoms with Crippen LogP contribution in [-0.4, -0.2) is 29.9 Å². The van der Waals surface area contributed by atoms with Crippen molar-refractivity contribution in [2.24, 2.45) is 0 Å². The second kappa shape index (κ2) is 7.17. The third-order valence-corrected chi connectivity index (χ3v) is 5.71. The van der Waals surface area contributed by atoms with Crippen LogP contribution in [0.2, 0.25) is 0 Å². The van der Waals surface area contributed by atoms with Crippen LogP contribution in [0.4, 0.5) is 11.4 Å². The standard InChI is InChI=1S/C24H21N3O2/c28-23(27-15-12-18-7-2-4-10-22(18)27)19-11-13-25-20(16-19)24(29)26-14-5-8-17-6-1-3-9-21(17)26/h1-4,6-7,9-11,13,16H,5,8,12,14-15H2. The molecule has 0 unspecified atom stereocenters. The van der Waals surface area contributed by atoms with E-state index in [0.717, 1.165) is 30.6 Å². The minimum absolute atomic E-state index is 0.0922. The van der Waals surface area contributed by atoms with Crippen LogP contribution in [0.5, 0.6) is 0 Å². The van der Waals surface area contributed by atoms with Gasteiger partial charge in [0.25, 0.3) is 11.8 Å². The van der Waals surface area contributed by atoms with Gasteiger partial charge in [-0.05, 0) is 54.7 Å². The summed E-state index contributed by atoms with van der Waals surface area (Å²) >= 11 is 0. The summed E-state index contributed by atoms with van der Waals surface area (Å²) in [5.74, 6) is -0.251. The zero-order chi connectivity index (χ0) is 19.8. The van der Waals surface area contributed by atoms with Gasteiger partial charge >= 0.3 is 0 Å². The molecule has 0 bridgehead atoms. The van der Waals surface area contributed by atoms with Gasteiger partial charge in [0.2, 0.25) is 0 Å². The molecule has 1 aromatic heterocycles. The first-order chi connectivity index (χ1) is 14.2. The summed E-state index contributed by atoms with van der Waals surface area (Å²) in [6.45, 7) is 1.32. The highest BCUT2D eigenvalue weighted by atomic mass is 16.2. The van der Waals surface area contributed by atoms with Crippen molar-refractivity contribution in [3.05, 3.63) is 89.2 Å². The van der Waals surface area contributed by atoms with Crippen molar-refractivity contribution in [2.45, 2.75) is 19.3 Å². The normalized spacial score (nSPS) is 15.0. The number of nitrogens with zero attached hydrogens (tertiary/aromatic N) is 3. The molecule has 0 fully saturated rings. The van der Waals surface area contributed by atoms with Crippen molar-refractivity contribution < 1.29 is 9.59 Å². The van der Waals surface area contributed by atoms with Crippen molar-refractivity contribution in [2.75, 3.05) is 22.9 Å². The van der Waals surface area contributed by atoms with E-state index in [9.17, 15) is 9.59 Å². The van der Waals surface area contributed by atoms with Gasteiger partial charge < -0.3 is 9.80 Å². The highest BCUT2D eigenvalue weighted by Gasteiger charge is 2.28. The maximum atomic E-state index is 13.2. The van der Waals surface area contributed by atoms with Crippen molar-refractivity contribution >= 4 is 23.2 Å². The fraction of sp³-hybridized carbons (Fsp3) is 0.208. The van der Waals surface area contributed by atoms with Gasteiger partial charge in [0.05, 0.1) is 0 Å². The van der Waals surface area contributed by atoms with Gasteiger partial charge in [-0.3, -0.25) is 14.6 Å². The van der Waals surface area contributed by atoms with Crippen LogP contribution < -0.4 is 9.80 Å². The van der Waals surface area contributed by atoms with Gasteiger partial charge in [-0.1, -0.05) is 36.4 Å². The van der Waals surface area contributed by atoms with E-state index in [4.69, 9.17) is 0 Å². The van der Waals surface area contributed by atoms with Crippen LogP contribution >= 0.6 is 0 Å². The minimum Gasteiger partial charge on any atom is -0.308 e. The molecule has 0 saturated carbocycles. The van der Waals surface area contributed by atoms with Gasteiger partial charge in [-0.25, -0.2) is 0 Å². The van der Waals surface area contributed by atoms with E-state index in [0.29, 0.717) is 24.3 Å². The maximum Gasteiger partial charge on any atom is 0.276 e. The van der Waals surface area contributed by atoms with Crippen molar-refractivity contribution in [1.29, 1.82) is 0 Å². The topological polar surface area (TPSA) is 53.5 Å². The first-order valence-corrected chi connectivity index (χ1v) is 9.98. The molecular weight excluding hydrogens is 362 g/mol. The van der Waals surface area contributed by atoms with Gasteiger partial charge in [0.15, 0.2) is 0 Å². The first-order valence-electron chi connectivity index (χ1n) is 9.98. The SMILES string of the molecule is O=C(c1ccnc(C(=O)N2CCCc3ccccc32)c1)N1CCc2ccccc21. The van der Waals surface area contributed by atoms with E-state index in [1.165, 1.54) is 11.1 Å². The first kappa shape index (κ1) is 17.6. The Morgan fingerprint density at radius 1 is 0.759 bits per heavy atom. The number of pyridine rings is 1. The van der Waals surface area contributed by atoms with Crippen LogP contribution in [0.3, 0.4) is 0 Å².